The molecule has 0 aliphatic heterocycles. The first kappa shape index (κ1) is 23.8. The van der Waals surface area contributed by atoms with E-state index in [-0.39, 0.29) is 52.3 Å². The number of carboxylic acid groups (broad SMARTS) is 1. The third-order valence-electron chi connectivity index (χ3n) is 5.63. The van der Waals surface area contributed by atoms with Crippen LogP contribution in [-0.2, 0) is 11.2 Å². The van der Waals surface area contributed by atoms with Gasteiger partial charge in [0.05, 0.1) is 11.1 Å². The molecule has 0 saturated carbocycles. The van der Waals surface area contributed by atoms with Gasteiger partial charge in [0.25, 0.3) is 0 Å². The highest BCUT2D eigenvalue weighted by atomic mass is 19.1. The molecule has 2 heterocycles. The topological polar surface area (TPSA) is 121 Å². The van der Waals surface area contributed by atoms with Gasteiger partial charge in [-0.1, -0.05) is 18.2 Å². The first-order chi connectivity index (χ1) is 17.8. The summed E-state index contributed by atoms with van der Waals surface area (Å²) in [5.41, 5.74) is 1.02. The number of carboxylic acids is 1. The number of benzene rings is 3. The minimum absolute atomic E-state index is 0.0699. The molecule has 37 heavy (non-hydrogen) atoms. The lowest BCUT2D eigenvalue weighted by Crippen LogP contribution is -2.05. The summed E-state index contributed by atoms with van der Waals surface area (Å²) < 4.78 is 49.3. The number of rotatable bonds is 8. The number of nitrogens with zero attached hydrogens (tertiary/aromatic N) is 2. The van der Waals surface area contributed by atoms with Crippen molar-refractivity contribution in [2.45, 2.75) is 12.8 Å². The zero-order valence-electron chi connectivity index (χ0n) is 18.9. The van der Waals surface area contributed by atoms with Gasteiger partial charge in [-0.3, -0.25) is 9.59 Å². The maximum Gasteiger partial charge on any atom is 0.303 e. The van der Waals surface area contributed by atoms with Crippen LogP contribution in [0.15, 0.2) is 60.8 Å². The number of hydrogen-bond acceptors (Lipinski definition) is 5. The van der Waals surface area contributed by atoms with E-state index in [0.717, 1.165) is 12.1 Å². The van der Waals surface area contributed by atoms with E-state index in [1.54, 1.807) is 18.2 Å². The van der Waals surface area contributed by atoms with E-state index in [9.17, 15) is 22.8 Å². The van der Waals surface area contributed by atoms with E-state index in [1.165, 1.54) is 30.5 Å². The summed E-state index contributed by atoms with van der Waals surface area (Å²) in [6.45, 7) is 0. The summed E-state index contributed by atoms with van der Waals surface area (Å²) in [7, 11) is 0. The number of halogens is 3. The lowest BCUT2D eigenvalue weighted by Gasteiger charge is -2.10. The number of carbonyl (C=O) groups is 2. The molecule has 0 aliphatic carbocycles. The van der Waals surface area contributed by atoms with Crippen LogP contribution in [0.3, 0.4) is 0 Å². The van der Waals surface area contributed by atoms with Gasteiger partial charge in [-0.15, -0.1) is 10.2 Å². The third kappa shape index (κ3) is 4.79. The second kappa shape index (κ2) is 9.61. The summed E-state index contributed by atoms with van der Waals surface area (Å²) in [4.78, 5) is 29.1. The van der Waals surface area contributed by atoms with Crippen molar-refractivity contribution in [2.75, 3.05) is 0 Å². The fourth-order valence-electron chi connectivity index (χ4n) is 3.81. The van der Waals surface area contributed by atoms with Crippen molar-refractivity contribution in [2.24, 2.45) is 0 Å². The number of fused-ring (bicyclic) bond motifs is 1. The number of aromatic amines is 2. The van der Waals surface area contributed by atoms with Crippen LogP contribution in [0, 0.1) is 17.5 Å². The Balaban J connectivity index is 1.41. The molecule has 0 saturated heterocycles. The van der Waals surface area contributed by atoms with Gasteiger partial charge in [-0.05, 0) is 42.3 Å². The average molecular weight is 506 g/mol. The number of ketones is 1. The van der Waals surface area contributed by atoms with Crippen molar-refractivity contribution in [3.8, 4) is 22.9 Å². The number of aliphatic carboxylic acids is 1. The van der Waals surface area contributed by atoms with Crippen molar-refractivity contribution >= 4 is 22.7 Å². The molecule has 0 fully saturated rings. The average Bonchev–Trinajstić information content (AvgIpc) is 3.56. The van der Waals surface area contributed by atoms with Gasteiger partial charge in [0, 0.05) is 29.6 Å². The van der Waals surface area contributed by atoms with Crippen molar-refractivity contribution in [1.82, 2.24) is 20.2 Å². The zero-order chi connectivity index (χ0) is 26.1. The second-order valence-corrected chi connectivity index (χ2v) is 8.13. The van der Waals surface area contributed by atoms with Crippen LogP contribution in [0.25, 0.3) is 22.3 Å². The van der Waals surface area contributed by atoms with Crippen molar-refractivity contribution in [3.63, 3.8) is 0 Å². The smallest absolute Gasteiger partial charge is 0.303 e. The molecule has 5 aromatic rings. The molecule has 5 rings (SSSR count). The molecule has 0 spiro atoms. The number of carbonyl (C=O) groups excluding carboxylic acids is 1. The lowest BCUT2D eigenvalue weighted by molar-refractivity contribution is -0.136. The standard InChI is InChI=1S/C26H17F3N4O4/c27-18-6-5-15(37-24-19(28)12-20-16(22(24)29)8-9-30-20)11-17(18)25-31-26(33-32-25)23(36)14-3-1-2-13(10-14)4-7-21(34)35/h1-3,5-6,8-12,30H,4,7H2,(H,34,35)(H,31,32,33). The Bertz CT molecular complexity index is 1660. The molecule has 11 heteroatoms. The van der Waals surface area contributed by atoms with E-state index in [4.69, 9.17) is 9.84 Å². The van der Waals surface area contributed by atoms with Crippen molar-refractivity contribution in [3.05, 3.63) is 95.2 Å². The molecule has 0 amide bonds. The molecule has 0 atom stereocenters. The Kier molecular flexibility index (Phi) is 6.18. The maximum atomic E-state index is 14.8. The molecule has 186 valence electrons. The second-order valence-electron chi connectivity index (χ2n) is 8.13. The predicted molar refractivity (Wildman–Crippen MR) is 126 cm³/mol. The predicted octanol–water partition coefficient (Wildman–Crippen LogP) is 5.41. The summed E-state index contributed by atoms with van der Waals surface area (Å²) in [6.07, 6.45) is 1.62. The van der Waals surface area contributed by atoms with Crippen LogP contribution in [0.1, 0.15) is 28.2 Å². The molecular weight excluding hydrogens is 489 g/mol. The molecule has 0 bridgehead atoms. The summed E-state index contributed by atoms with van der Waals surface area (Å²) in [6, 6.07) is 12.3. The van der Waals surface area contributed by atoms with Crippen LogP contribution in [0.5, 0.6) is 11.5 Å². The SMILES string of the molecule is O=C(O)CCc1cccc(C(=O)c2nnc(-c3cc(Oc4c(F)cc5[nH]ccc5c4F)ccc3F)[nH]2)c1. The van der Waals surface area contributed by atoms with Crippen LogP contribution in [-0.4, -0.2) is 37.0 Å². The maximum absolute atomic E-state index is 14.8. The van der Waals surface area contributed by atoms with Crippen LogP contribution in [0.2, 0.25) is 0 Å². The van der Waals surface area contributed by atoms with Gasteiger partial charge < -0.3 is 19.8 Å². The van der Waals surface area contributed by atoms with Crippen LogP contribution < -0.4 is 4.74 Å². The quantitative estimate of drug-likeness (QED) is 0.242. The van der Waals surface area contributed by atoms with E-state index < -0.39 is 35.0 Å². The summed E-state index contributed by atoms with van der Waals surface area (Å²) >= 11 is 0. The molecule has 0 aliphatic rings. The molecule has 0 unspecified atom stereocenters. The largest absolute Gasteiger partial charge is 0.481 e. The lowest BCUT2D eigenvalue weighted by atomic mass is 10.0. The van der Waals surface area contributed by atoms with Crippen LogP contribution in [0.4, 0.5) is 13.2 Å². The monoisotopic (exact) mass is 506 g/mol. The van der Waals surface area contributed by atoms with Gasteiger partial charge in [-0.25, -0.2) is 13.2 Å². The number of H-pyrrole nitrogens is 2. The van der Waals surface area contributed by atoms with Crippen molar-refractivity contribution in [1.29, 1.82) is 0 Å². The highest BCUT2D eigenvalue weighted by Crippen LogP contribution is 2.34. The van der Waals surface area contributed by atoms with E-state index in [0.29, 0.717) is 5.56 Å². The highest BCUT2D eigenvalue weighted by Gasteiger charge is 2.20. The summed E-state index contributed by atoms with van der Waals surface area (Å²) in [5, 5.41) is 16.6. The number of nitrogens with one attached hydrogen (secondary N) is 2. The van der Waals surface area contributed by atoms with Gasteiger partial charge in [-0.2, -0.15) is 0 Å². The van der Waals surface area contributed by atoms with E-state index >= 15 is 0 Å². The van der Waals surface area contributed by atoms with Gasteiger partial charge in [0.2, 0.25) is 11.6 Å². The Morgan fingerprint density at radius 1 is 0.973 bits per heavy atom. The van der Waals surface area contributed by atoms with Gasteiger partial charge in [0.1, 0.15) is 11.6 Å². The van der Waals surface area contributed by atoms with Crippen molar-refractivity contribution < 1.29 is 32.6 Å². The Morgan fingerprint density at radius 3 is 2.62 bits per heavy atom. The molecule has 8 nitrogen and oxygen atoms in total. The van der Waals surface area contributed by atoms with Crippen LogP contribution >= 0.6 is 0 Å². The minimum Gasteiger partial charge on any atom is -0.481 e. The number of hydrogen-bond donors (Lipinski definition) is 3. The first-order valence-electron chi connectivity index (χ1n) is 11.0. The van der Waals surface area contributed by atoms with E-state index in [1.807, 2.05) is 0 Å². The molecule has 3 aromatic carbocycles. The normalized spacial score (nSPS) is 11.1. The zero-order valence-corrected chi connectivity index (χ0v) is 18.9. The molecular formula is C26H17F3N4O4. The summed E-state index contributed by atoms with van der Waals surface area (Å²) in [5.74, 6) is -5.09. The van der Waals surface area contributed by atoms with E-state index in [2.05, 4.69) is 20.2 Å². The molecule has 2 aromatic heterocycles. The fourth-order valence-corrected chi connectivity index (χ4v) is 3.81. The Hall–Kier alpha value is -4.93. The Morgan fingerprint density at radius 2 is 1.81 bits per heavy atom. The van der Waals surface area contributed by atoms with Gasteiger partial charge in [0.15, 0.2) is 23.2 Å². The highest BCUT2D eigenvalue weighted by molar-refractivity contribution is 6.06. The molecule has 0 radical (unpaired) electrons. The number of aromatic nitrogens is 4. The third-order valence-corrected chi connectivity index (χ3v) is 5.63. The molecule has 3 N–H and O–H groups in total. The first-order valence-corrected chi connectivity index (χ1v) is 11.0. The number of aryl methyl sites for hydroxylation is 1. The Labute approximate surface area is 206 Å². The number of ether oxygens (including phenoxy) is 1. The van der Waals surface area contributed by atoms with Gasteiger partial charge >= 0.3 is 5.97 Å². The minimum atomic E-state index is -0.958. The fraction of sp³-hybridized carbons (Fsp3) is 0.0769.